The van der Waals surface area contributed by atoms with Gasteiger partial charge < -0.3 is 14.2 Å². The molecule has 164 valence electrons. The third-order valence-corrected chi connectivity index (χ3v) is 6.25. The molecule has 0 bridgehead atoms. The molecule has 0 aromatic rings. The molecule has 8 heteroatoms. The van der Waals surface area contributed by atoms with E-state index in [4.69, 9.17) is 14.2 Å². The number of hydrogen-bond donors (Lipinski definition) is 0. The van der Waals surface area contributed by atoms with E-state index >= 15 is 0 Å². The molecule has 1 heterocycles. The van der Waals surface area contributed by atoms with Crippen molar-refractivity contribution in [2.24, 2.45) is 5.92 Å². The highest BCUT2D eigenvalue weighted by atomic mass is 28.3. The van der Waals surface area contributed by atoms with Crippen molar-refractivity contribution >= 4 is 20.3 Å². The first-order valence-corrected chi connectivity index (χ1v) is 14.1. The van der Waals surface area contributed by atoms with Crippen LogP contribution in [0.1, 0.15) is 46.5 Å². The van der Waals surface area contributed by atoms with Crippen LogP contribution in [-0.4, -0.2) is 69.3 Å². The van der Waals surface area contributed by atoms with Gasteiger partial charge in [-0.1, -0.05) is 19.6 Å². The van der Waals surface area contributed by atoms with Gasteiger partial charge in [0.05, 0.1) is 6.61 Å². The average molecular weight is 417 g/mol. The summed E-state index contributed by atoms with van der Waals surface area (Å²) in [5.41, 5.74) is -0.630. The Balaban J connectivity index is 2.63. The van der Waals surface area contributed by atoms with Crippen molar-refractivity contribution < 1.29 is 23.8 Å². The second-order valence-corrected chi connectivity index (χ2v) is 15.4. The van der Waals surface area contributed by atoms with Crippen molar-refractivity contribution in [1.82, 2.24) is 10.0 Å². The molecule has 0 saturated carbocycles. The van der Waals surface area contributed by atoms with E-state index in [1.165, 1.54) is 10.0 Å². The number of carbonyl (C=O) groups is 2. The molecule has 2 amide bonds. The molecule has 0 aliphatic carbocycles. The molecule has 0 N–H and O–H groups in total. The van der Waals surface area contributed by atoms with Gasteiger partial charge in [0.1, 0.15) is 5.60 Å². The molecule has 1 fully saturated rings. The van der Waals surface area contributed by atoms with Crippen LogP contribution in [0.3, 0.4) is 0 Å². The van der Waals surface area contributed by atoms with Crippen molar-refractivity contribution in [1.29, 1.82) is 0 Å². The first-order chi connectivity index (χ1) is 12.9. The van der Waals surface area contributed by atoms with Crippen molar-refractivity contribution in [2.45, 2.75) is 77.7 Å². The Bertz CT molecular complexity index is 496. The lowest BCUT2D eigenvalue weighted by Crippen LogP contribution is -2.50. The Labute approximate surface area is 171 Å². The molecule has 1 aliphatic heterocycles. The summed E-state index contributed by atoms with van der Waals surface area (Å²) in [5, 5.41) is 2.60. The fourth-order valence-corrected chi connectivity index (χ4v) is 3.59. The summed E-state index contributed by atoms with van der Waals surface area (Å²) in [6, 6.07) is 0.890. The molecule has 1 aliphatic rings. The normalized spacial score (nSPS) is 17.8. The third kappa shape index (κ3) is 10.3. The van der Waals surface area contributed by atoms with Crippen LogP contribution in [0.15, 0.2) is 0 Å². The van der Waals surface area contributed by atoms with Gasteiger partial charge in [0.25, 0.3) is 0 Å². The molecule has 0 unspecified atom stereocenters. The molecule has 0 aromatic carbocycles. The number of ether oxygens (including phenoxy) is 3. The van der Waals surface area contributed by atoms with E-state index in [0.29, 0.717) is 19.1 Å². The van der Waals surface area contributed by atoms with E-state index in [1.54, 1.807) is 7.05 Å². The maximum absolute atomic E-state index is 12.7. The Morgan fingerprint density at radius 1 is 1.18 bits per heavy atom. The summed E-state index contributed by atoms with van der Waals surface area (Å²) in [4.78, 5) is 25.1. The first-order valence-electron chi connectivity index (χ1n) is 10.4. The smallest absolute Gasteiger partial charge is 0.429 e. The second-order valence-electron chi connectivity index (χ2n) is 9.78. The highest BCUT2D eigenvalue weighted by Gasteiger charge is 2.29. The quantitative estimate of drug-likeness (QED) is 0.442. The zero-order valence-corrected chi connectivity index (χ0v) is 19.9. The predicted molar refractivity (Wildman–Crippen MR) is 113 cm³/mol. The van der Waals surface area contributed by atoms with Crippen LogP contribution in [0.4, 0.5) is 9.59 Å². The molecule has 0 spiro atoms. The minimum Gasteiger partial charge on any atom is -0.449 e. The van der Waals surface area contributed by atoms with Gasteiger partial charge in [-0.2, -0.15) is 0 Å². The Hall–Kier alpha value is -1.28. The summed E-state index contributed by atoms with van der Waals surface area (Å²) in [7, 11) is 0.267. The van der Waals surface area contributed by atoms with Gasteiger partial charge in [0.15, 0.2) is 0 Å². The van der Waals surface area contributed by atoms with Gasteiger partial charge in [-0.25, -0.2) is 19.6 Å². The largest absolute Gasteiger partial charge is 0.449 e. The highest BCUT2D eigenvalue weighted by Crippen LogP contribution is 2.20. The predicted octanol–water partition coefficient (Wildman–Crippen LogP) is 4.75. The van der Waals surface area contributed by atoms with E-state index in [0.717, 1.165) is 44.9 Å². The lowest BCUT2D eigenvalue weighted by atomic mass is 9.97. The van der Waals surface area contributed by atoms with E-state index < -0.39 is 25.9 Å². The highest BCUT2D eigenvalue weighted by molar-refractivity contribution is 6.76. The van der Waals surface area contributed by atoms with Crippen LogP contribution in [0.5, 0.6) is 0 Å². The zero-order valence-electron chi connectivity index (χ0n) is 18.9. The third-order valence-electron chi connectivity index (χ3n) is 4.55. The zero-order chi connectivity index (χ0) is 21.4. The van der Waals surface area contributed by atoms with Crippen LogP contribution < -0.4 is 0 Å². The van der Waals surface area contributed by atoms with Crippen molar-refractivity contribution in [3.05, 3.63) is 0 Å². The van der Waals surface area contributed by atoms with E-state index in [9.17, 15) is 9.59 Å². The van der Waals surface area contributed by atoms with Gasteiger partial charge >= 0.3 is 12.2 Å². The second kappa shape index (κ2) is 11.0. The Morgan fingerprint density at radius 2 is 1.86 bits per heavy atom. The number of carbonyl (C=O) groups excluding carboxylic acids is 2. The van der Waals surface area contributed by atoms with Crippen molar-refractivity contribution in [2.75, 3.05) is 33.4 Å². The first kappa shape index (κ1) is 24.8. The maximum atomic E-state index is 12.7. The number of hydrogen-bond acceptors (Lipinski definition) is 5. The van der Waals surface area contributed by atoms with E-state index in [2.05, 4.69) is 19.6 Å². The van der Waals surface area contributed by atoms with Gasteiger partial charge in [0, 0.05) is 34.9 Å². The van der Waals surface area contributed by atoms with Crippen LogP contribution in [0, 0.1) is 5.92 Å². The number of rotatable bonds is 7. The molecular weight excluding hydrogens is 376 g/mol. The van der Waals surface area contributed by atoms with E-state index in [-0.39, 0.29) is 0 Å². The minimum absolute atomic E-state index is 0.375. The molecule has 0 aromatic heterocycles. The Kier molecular flexibility index (Phi) is 9.76. The van der Waals surface area contributed by atoms with Gasteiger partial charge in [-0.15, -0.1) is 0 Å². The summed E-state index contributed by atoms with van der Waals surface area (Å²) in [5.74, 6) is 0.517. The fraction of sp³-hybridized carbons (Fsp3) is 0.900. The molecule has 0 radical (unpaired) electrons. The monoisotopic (exact) mass is 416 g/mol. The molecule has 1 atom stereocenters. The van der Waals surface area contributed by atoms with Crippen molar-refractivity contribution in [3.63, 3.8) is 0 Å². The van der Waals surface area contributed by atoms with Crippen molar-refractivity contribution in [3.8, 4) is 0 Å². The average Bonchev–Trinajstić information content (AvgIpc) is 2.56. The summed E-state index contributed by atoms with van der Waals surface area (Å²) in [6.45, 7) is 14.5. The summed E-state index contributed by atoms with van der Waals surface area (Å²) < 4.78 is 16.4. The molecule has 28 heavy (non-hydrogen) atoms. The number of hydrazine groups is 1. The summed E-state index contributed by atoms with van der Waals surface area (Å²) >= 11 is 0. The lowest BCUT2D eigenvalue weighted by Gasteiger charge is -2.33. The topological polar surface area (TPSA) is 68.3 Å². The SMILES string of the molecule is CN(C(=O)OCC[Si](C)(C)C)N(CCC[C@@H]1CCCOC1)C(=O)OC(C)(C)C. The fourth-order valence-electron chi connectivity index (χ4n) is 2.88. The van der Waals surface area contributed by atoms with Crippen LogP contribution in [0.25, 0.3) is 0 Å². The molecule has 1 saturated heterocycles. The lowest BCUT2D eigenvalue weighted by molar-refractivity contribution is -0.0377. The number of nitrogens with zero attached hydrogens (tertiary/aromatic N) is 2. The summed E-state index contributed by atoms with van der Waals surface area (Å²) in [6.07, 6.45) is 2.92. The van der Waals surface area contributed by atoms with Crippen LogP contribution >= 0.6 is 0 Å². The van der Waals surface area contributed by atoms with E-state index in [1.807, 2.05) is 20.8 Å². The molecule has 7 nitrogen and oxygen atoms in total. The molecule has 1 rings (SSSR count). The number of amides is 2. The van der Waals surface area contributed by atoms with Gasteiger partial charge in [-0.3, -0.25) is 0 Å². The standard InChI is InChI=1S/C20H40N2O5Si/c1-20(2,3)27-19(24)22(12-8-10-17-11-9-13-25-16-17)21(4)18(23)26-14-15-28(5,6)7/h17H,8-16H2,1-7H3/t17-/m1/s1. The molecular formula is C20H40N2O5Si. The van der Waals surface area contributed by atoms with Crippen LogP contribution in [-0.2, 0) is 14.2 Å². The van der Waals surface area contributed by atoms with Gasteiger partial charge in [-0.05, 0) is 58.4 Å². The van der Waals surface area contributed by atoms with Gasteiger partial charge in [0.2, 0.25) is 0 Å². The Morgan fingerprint density at radius 3 is 2.39 bits per heavy atom. The minimum atomic E-state index is -1.29. The maximum Gasteiger partial charge on any atom is 0.429 e. The van der Waals surface area contributed by atoms with Crippen LogP contribution in [0.2, 0.25) is 25.7 Å².